The molecule has 3 rings (SSSR count). The molecule has 0 saturated heterocycles. The molecule has 0 unspecified atom stereocenters. The van der Waals surface area contributed by atoms with E-state index < -0.39 is 0 Å². The van der Waals surface area contributed by atoms with Gasteiger partial charge in [0.05, 0.1) is 11.3 Å². The van der Waals surface area contributed by atoms with E-state index in [0.717, 1.165) is 16.8 Å². The number of anilines is 2. The van der Waals surface area contributed by atoms with E-state index in [2.05, 4.69) is 16.0 Å². The Kier molecular flexibility index (Phi) is 6.86. The summed E-state index contributed by atoms with van der Waals surface area (Å²) in [4.78, 5) is 12.7. The van der Waals surface area contributed by atoms with Gasteiger partial charge in [-0.2, -0.15) is 0 Å². The van der Waals surface area contributed by atoms with Crippen LogP contribution >= 0.6 is 23.8 Å². The van der Waals surface area contributed by atoms with Gasteiger partial charge in [-0.1, -0.05) is 59.6 Å². The number of hydrogen-bond acceptors (Lipinski definition) is 2. The van der Waals surface area contributed by atoms with Crippen molar-refractivity contribution >= 4 is 46.2 Å². The van der Waals surface area contributed by atoms with Gasteiger partial charge in [-0.3, -0.25) is 4.79 Å². The second kappa shape index (κ2) is 9.54. The number of thiocarbonyl (C=S) groups is 1. The van der Waals surface area contributed by atoms with Crippen LogP contribution in [0, 0.1) is 13.8 Å². The number of amides is 1. The molecule has 29 heavy (non-hydrogen) atoms. The molecule has 0 heterocycles. The Balaban J connectivity index is 1.65. The molecule has 3 aromatic carbocycles. The third-order valence-electron chi connectivity index (χ3n) is 4.42. The summed E-state index contributed by atoms with van der Waals surface area (Å²) in [6.45, 7) is 4.43. The predicted octanol–water partition coefficient (Wildman–Crippen LogP) is 5.70. The largest absolute Gasteiger partial charge is 0.348 e. The van der Waals surface area contributed by atoms with E-state index in [0.29, 0.717) is 27.9 Å². The summed E-state index contributed by atoms with van der Waals surface area (Å²) in [5.74, 6) is -0.171. The lowest BCUT2D eigenvalue weighted by Gasteiger charge is -2.14. The summed E-state index contributed by atoms with van der Waals surface area (Å²) in [6.07, 6.45) is 0. The van der Waals surface area contributed by atoms with Crippen LogP contribution in [-0.2, 0) is 6.54 Å². The van der Waals surface area contributed by atoms with Crippen molar-refractivity contribution in [3.8, 4) is 0 Å². The van der Waals surface area contributed by atoms with E-state index in [1.165, 1.54) is 5.56 Å². The molecule has 0 atom stereocenters. The summed E-state index contributed by atoms with van der Waals surface area (Å²) in [7, 11) is 0. The summed E-state index contributed by atoms with van der Waals surface area (Å²) >= 11 is 11.6. The molecular weight excluding hydrogens is 402 g/mol. The Morgan fingerprint density at radius 2 is 1.69 bits per heavy atom. The van der Waals surface area contributed by atoms with Crippen molar-refractivity contribution in [3.05, 3.63) is 94.0 Å². The molecule has 0 saturated carbocycles. The zero-order valence-corrected chi connectivity index (χ0v) is 17.8. The van der Waals surface area contributed by atoms with Crippen molar-refractivity contribution in [3.63, 3.8) is 0 Å². The highest BCUT2D eigenvalue weighted by molar-refractivity contribution is 7.80. The van der Waals surface area contributed by atoms with Gasteiger partial charge in [0.1, 0.15) is 0 Å². The second-order valence-electron chi connectivity index (χ2n) is 6.76. The fraction of sp³-hybridized carbons (Fsp3) is 0.130. The average Bonchev–Trinajstić information content (AvgIpc) is 2.70. The van der Waals surface area contributed by atoms with Crippen LogP contribution in [0.3, 0.4) is 0 Å². The minimum Gasteiger partial charge on any atom is -0.348 e. The Morgan fingerprint density at radius 1 is 0.966 bits per heavy atom. The number of hydrogen-bond donors (Lipinski definition) is 3. The normalized spacial score (nSPS) is 10.3. The van der Waals surface area contributed by atoms with Crippen LogP contribution in [0.25, 0.3) is 0 Å². The van der Waals surface area contributed by atoms with Crippen LogP contribution in [0.4, 0.5) is 11.4 Å². The van der Waals surface area contributed by atoms with Crippen molar-refractivity contribution < 1.29 is 4.79 Å². The van der Waals surface area contributed by atoms with Gasteiger partial charge in [-0.05, 0) is 61.5 Å². The smallest absolute Gasteiger partial charge is 0.253 e. The highest BCUT2D eigenvalue weighted by Crippen LogP contribution is 2.21. The van der Waals surface area contributed by atoms with Crippen molar-refractivity contribution in [2.75, 3.05) is 10.6 Å². The average molecular weight is 424 g/mol. The number of carbonyl (C=O) groups excluding carboxylic acids is 1. The summed E-state index contributed by atoms with van der Waals surface area (Å²) in [5, 5.41) is 10.2. The van der Waals surface area contributed by atoms with Crippen LogP contribution in [-0.4, -0.2) is 11.0 Å². The number of para-hydroxylation sites is 1. The molecule has 0 aliphatic rings. The van der Waals surface area contributed by atoms with Gasteiger partial charge in [-0.15, -0.1) is 0 Å². The first-order valence-corrected chi connectivity index (χ1v) is 9.98. The van der Waals surface area contributed by atoms with Crippen LogP contribution in [0.2, 0.25) is 5.02 Å². The number of nitrogens with one attached hydrogen (secondary N) is 3. The summed E-state index contributed by atoms with van der Waals surface area (Å²) < 4.78 is 0. The number of carbonyl (C=O) groups is 1. The maximum atomic E-state index is 12.7. The zero-order valence-electron chi connectivity index (χ0n) is 16.3. The molecule has 0 aliphatic carbocycles. The van der Waals surface area contributed by atoms with Crippen molar-refractivity contribution in [1.82, 2.24) is 5.32 Å². The lowest BCUT2D eigenvalue weighted by molar-refractivity contribution is 0.0952. The maximum Gasteiger partial charge on any atom is 0.253 e. The van der Waals surface area contributed by atoms with Gasteiger partial charge in [-0.25, -0.2) is 0 Å². The highest BCUT2D eigenvalue weighted by Gasteiger charge is 2.12. The first-order chi connectivity index (χ1) is 13.9. The number of halogens is 1. The van der Waals surface area contributed by atoms with Gasteiger partial charge in [0.15, 0.2) is 5.11 Å². The second-order valence-corrected chi connectivity index (χ2v) is 7.57. The molecule has 0 radical (unpaired) electrons. The Labute approximate surface area is 181 Å². The SMILES string of the molecule is Cc1ccc(CNC(=O)c2ccccc2NC(=S)Nc2ccc(C)c(Cl)c2)cc1. The standard InChI is InChI=1S/C23H22ClN3OS/c1-15-7-10-17(11-8-15)14-25-22(28)19-5-3-4-6-21(19)27-23(29)26-18-12-9-16(2)20(24)13-18/h3-13H,14H2,1-2H3,(H,25,28)(H2,26,27,29). The van der Waals surface area contributed by atoms with Crippen LogP contribution in [0.15, 0.2) is 66.7 Å². The molecule has 0 spiro atoms. The molecule has 1 amide bonds. The minimum absolute atomic E-state index is 0.171. The van der Waals surface area contributed by atoms with Gasteiger partial charge in [0.25, 0.3) is 5.91 Å². The van der Waals surface area contributed by atoms with Crippen LogP contribution < -0.4 is 16.0 Å². The van der Waals surface area contributed by atoms with Crippen molar-refractivity contribution in [2.45, 2.75) is 20.4 Å². The number of aryl methyl sites for hydroxylation is 2. The lowest BCUT2D eigenvalue weighted by atomic mass is 10.1. The third kappa shape index (κ3) is 5.79. The fourth-order valence-electron chi connectivity index (χ4n) is 2.73. The zero-order chi connectivity index (χ0) is 20.8. The van der Waals surface area contributed by atoms with Crippen molar-refractivity contribution in [1.29, 1.82) is 0 Å². The molecule has 0 bridgehead atoms. The van der Waals surface area contributed by atoms with E-state index in [-0.39, 0.29) is 5.91 Å². The first kappa shape index (κ1) is 20.8. The van der Waals surface area contributed by atoms with Gasteiger partial charge >= 0.3 is 0 Å². The van der Waals surface area contributed by atoms with Crippen LogP contribution in [0.5, 0.6) is 0 Å². The molecule has 148 valence electrons. The topological polar surface area (TPSA) is 53.2 Å². The minimum atomic E-state index is -0.171. The van der Waals surface area contributed by atoms with Gasteiger partial charge in [0, 0.05) is 17.3 Å². The quantitative estimate of drug-likeness (QED) is 0.461. The third-order valence-corrected chi connectivity index (χ3v) is 5.03. The van der Waals surface area contributed by atoms with E-state index in [9.17, 15) is 4.79 Å². The van der Waals surface area contributed by atoms with E-state index in [1.54, 1.807) is 6.07 Å². The molecule has 0 aromatic heterocycles. The van der Waals surface area contributed by atoms with Crippen LogP contribution in [0.1, 0.15) is 27.0 Å². The molecule has 4 nitrogen and oxygen atoms in total. The van der Waals surface area contributed by atoms with E-state index in [4.69, 9.17) is 23.8 Å². The highest BCUT2D eigenvalue weighted by atomic mass is 35.5. The molecule has 0 aliphatic heterocycles. The molecule has 3 aromatic rings. The Morgan fingerprint density at radius 3 is 2.41 bits per heavy atom. The number of benzene rings is 3. The maximum absolute atomic E-state index is 12.7. The van der Waals surface area contributed by atoms with E-state index >= 15 is 0 Å². The monoisotopic (exact) mass is 423 g/mol. The summed E-state index contributed by atoms with van der Waals surface area (Å²) in [6, 6.07) is 20.9. The first-order valence-electron chi connectivity index (χ1n) is 9.19. The Bertz CT molecular complexity index is 1030. The fourth-order valence-corrected chi connectivity index (χ4v) is 3.14. The van der Waals surface area contributed by atoms with E-state index in [1.807, 2.05) is 74.5 Å². The molecule has 6 heteroatoms. The van der Waals surface area contributed by atoms with Crippen molar-refractivity contribution in [2.24, 2.45) is 0 Å². The number of rotatable bonds is 5. The Hall–Kier alpha value is -2.89. The van der Waals surface area contributed by atoms with Gasteiger partial charge in [0.2, 0.25) is 0 Å². The summed E-state index contributed by atoms with van der Waals surface area (Å²) in [5.41, 5.74) is 5.15. The van der Waals surface area contributed by atoms with Gasteiger partial charge < -0.3 is 16.0 Å². The molecular formula is C23H22ClN3OS. The molecule has 0 fully saturated rings. The lowest BCUT2D eigenvalue weighted by Crippen LogP contribution is -2.26. The predicted molar refractivity (Wildman–Crippen MR) is 125 cm³/mol. The molecule has 3 N–H and O–H groups in total.